The lowest BCUT2D eigenvalue weighted by Gasteiger charge is -2.35. The highest BCUT2D eigenvalue weighted by Gasteiger charge is 2.21. The van der Waals surface area contributed by atoms with Crippen LogP contribution in [-0.2, 0) is 11.2 Å². The van der Waals surface area contributed by atoms with E-state index in [0.29, 0.717) is 18.9 Å². The molecule has 1 N–H and O–H groups in total. The fourth-order valence-corrected chi connectivity index (χ4v) is 3.28. The van der Waals surface area contributed by atoms with Crippen molar-refractivity contribution in [2.24, 2.45) is 0 Å². The second kappa shape index (κ2) is 9.42. The number of benzene rings is 1. The summed E-state index contributed by atoms with van der Waals surface area (Å²) in [4.78, 5) is 35.9. The Labute approximate surface area is 169 Å². The van der Waals surface area contributed by atoms with Gasteiger partial charge >= 0.3 is 0 Å². The maximum atomic E-state index is 11.8. The van der Waals surface area contributed by atoms with Crippen molar-refractivity contribution in [3.63, 3.8) is 0 Å². The second-order valence-electron chi connectivity index (χ2n) is 6.92. The summed E-state index contributed by atoms with van der Waals surface area (Å²) in [6, 6.07) is 8.30. The number of carbonyl (C=O) groups is 1. The summed E-state index contributed by atoms with van der Waals surface area (Å²) < 4.78 is 0. The van der Waals surface area contributed by atoms with Crippen molar-refractivity contribution in [3.8, 4) is 11.4 Å². The number of aryl methyl sites for hydroxylation is 1. The van der Waals surface area contributed by atoms with Crippen molar-refractivity contribution < 1.29 is 9.72 Å². The van der Waals surface area contributed by atoms with Crippen LogP contribution < -0.4 is 10.2 Å². The molecule has 0 aliphatic carbocycles. The number of amides is 1. The number of nitro benzene ring substituents is 1. The monoisotopic (exact) mass is 398 g/mol. The van der Waals surface area contributed by atoms with E-state index in [1.54, 1.807) is 12.1 Å². The molecule has 2 heterocycles. The molecule has 0 saturated carbocycles. The normalized spacial score (nSPS) is 14.6. The Bertz CT molecular complexity index is 863. The van der Waals surface area contributed by atoms with Crippen LogP contribution in [0, 0.1) is 10.1 Å². The maximum absolute atomic E-state index is 11.8. The molecule has 0 atom stereocenters. The van der Waals surface area contributed by atoms with Gasteiger partial charge in [0.25, 0.3) is 5.69 Å². The van der Waals surface area contributed by atoms with Crippen molar-refractivity contribution in [3.05, 3.63) is 46.1 Å². The molecule has 9 nitrogen and oxygen atoms in total. The molecular formula is C20H26N6O3. The molecule has 29 heavy (non-hydrogen) atoms. The van der Waals surface area contributed by atoms with Crippen LogP contribution in [0.2, 0.25) is 0 Å². The van der Waals surface area contributed by atoms with E-state index in [4.69, 9.17) is 4.98 Å². The van der Waals surface area contributed by atoms with Crippen molar-refractivity contribution in [1.82, 2.24) is 20.2 Å². The van der Waals surface area contributed by atoms with Crippen molar-refractivity contribution in [2.75, 3.05) is 44.2 Å². The third kappa shape index (κ3) is 5.26. The van der Waals surface area contributed by atoms with Crippen LogP contribution in [0.4, 0.5) is 11.5 Å². The lowest BCUT2D eigenvalue weighted by Crippen LogP contribution is -2.49. The van der Waals surface area contributed by atoms with Crippen LogP contribution in [0.15, 0.2) is 30.3 Å². The number of likely N-dealkylation sites (N-methyl/N-ethyl adjacent to an activating group) is 1. The molecule has 1 aliphatic heterocycles. The van der Waals surface area contributed by atoms with Gasteiger partial charge in [-0.3, -0.25) is 19.8 Å². The van der Waals surface area contributed by atoms with Gasteiger partial charge in [0, 0.05) is 62.2 Å². The Hall–Kier alpha value is -3.07. The van der Waals surface area contributed by atoms with Gasteiger partial charge in [0.1, 0.15) is 5.82 Å². The number of hydrogen-bond donors (Lipinski definition) is 1. The topological polar surface area (TPSA) is 105 Å². The zero-order chi connectivity index (χ0) is 20.8. The molecule has 0 bridgehead atoms. The van der Waals surface area contributed by atoms with Crippen molar-refractivity contribution in [1.29, 1.82) is 0 Å². The molecule has 154 valence electrons. The SMILES string of the molecule is CCNC(=O)CN1CCN(c2cc(CC)nc(-c3ccc([N+](=O)[O-])cc3)n2)CC1. The molecule has 1 saturated heterocycles. The Morgan fingerprint density at radius 3 is 2.41 bits per heavy atom. The zero-order valence-electron chi connectivity index (χ0n) is 16.8. The number of nitrogens with one attached hydrogen (secondary N) is 1. The van der Waals surface area contributed by atoms with Crippen LogP contribution in [0.1, 0.15) is 19.5 Å². The van der Waals surface area contributed by atoms with E-state index in [2.05, 4.69) is 20.1 Å². The van der Waals surface area contributed by atoms with Gasteiger partial charge < -0.3 is 10.2 Å². The first-order valence-corrected chi connectivity index (χ1v) is 9.87. The fraction of sp³-hybridized carbons (Fsp3) is 0.450. The van der Waals surface area contributed by atoms with Crippen LogP contribution in [0.5, 0.6) is 0 Å². The number of nitro groups is 1. The van der Waals surface area contributed by atoms with Crippen LogP contribution in [-0.4, -0.2) is 65.0 Å². The number of hydrogen-bond acceptors (Lipinski definition) is 7. The summed E-state index contributed by atoms with van der Waals surface area (Å²) in [5.41, 5.74) is 1.72. The summed E-state index contributed by atoms with van der Waals surface area (Å²) in [7, 11) is 0. The average molecular weight is 398 g/mol. The summed E-state index contributed by atoms with van der Waals surface area (Å²) in [5.74, 6) is 1.47. The van der Waals surface area contributed by atoms with Crippen LogP contribution in [0.25, 0.3) is 11.4 Å². The van der Waals surface area contributed by atoms with E-state index in [1.165, 1.54) is 12.1 Å². The number of carbonyl (C=O) groups excluding carboxylic acids is 1. The molecule has 0 radical (unpaired) electrons. The highest BCUT2D eigenvalue weighted by molar-refractivity contribution is 5.78. The van der Waals surface area contributed by atoms with E-state index in [-0.39, 0.29) is 11.6 Å². The van der Waals surface area contributed by atoms with Gasteiger partial charge in [0.2, 0.25) is 5.91 Å². The molecule has 2 aromatic rings. The summed E-state index contributed by atoms with van der Waals surface area (Å²) >= 11 is 0. The van der Waals surface area contributed by atoms with Gasteiger partial charge in [-0.25, -0.2) is 9.97 Å². The quantitative estimate of drug-likeness (QED) is 0.561. The number of rotatable bonds is 7. The van der Waals surface area contributed by atoms with E-state index < -0.39 is 4.92 Å². The van der Waals surface area contributed by atoms with Gasteiger partial charge in [-0.05, 0) is 25.5 Å². The van der Waals surface area contributed by atoms with E-state index >= 15 is 0 Å². The molecule has 1 fully saturated rings. The largest absolute Gasteiger partial charge is 0.355 e. The van der Waals surface area contributed by atoms with Gasteiger partial charge in [-0.15, -0.1) is 0 Å². The number of non-ortho nitro benzene ring substituents is 1. The first-order valence-electron chi connectivity index (χ1n) is 9.87. The molecule has 1 aliphatic rings. The van der Waals surface area contributed by atoms with E-state index in [9.17, 15) is 14.9 Å². The second-order valence-corrected chi connectivity index (χ2v) is 6.92. The fourth-order valence-electron chi connectivity index (χ4n) is 3.28. The lowest BCUT2D eigenvalue weighted by atomic mass is 10.2. The van der Waals surface area contributed by atoms with Gasteiger partial charge in [0.15, 0.2) is 5.82 Å². The Morgan fingerprint density at radius 2 is 1.83 bits per heavy atom. The molecule has 1 amide bonds. The Balaban J connectivity index is 1.74. The van der Waals surface area contributed by atoms with Gasteiger partial charge in [-0.1, -0.05) is 6.92 Å². The number of aromatic nitrogens is 2. The highest BCUT2D eigenvalue weighted by Crippen LogP contribution is 2.23. The minimum Gasteiger partial charge on any atom is -0.355 e. The number of anilines is 1. The molecule has 3 rings (SSSR count). The first kappa shape index (κ1) is 20.7. The molecule has 1 aromatic carbocycles. The van der Waals surface area contributed by atoms with E-state index in [1.807, 2.05) is 19.9 Å². The summed E-state index contributed by atoms with van der Waals surface area (Å²) in [5, 5.41) is 13.7. The Kier molecular flexibility index (Phi) is 6.71. The first-order chi connectivity index (χ1) is 14.0. The molecule has 0 spiro atoms. The molecule has 0 unspecified atom stereocenters. The lowest BCUT2D eigenvalue weighted by molar-refractivity contribution is -0.384. The molecular weight excluding hydrogens is 372 g/mol. The van der Waals surface area contributed by atoms with Crippen molar-refractivity contribution >= 4 is 17.4 Å². The molecule has 9 heteroatoms. The van der Waals surface area contributed by atoms with Crippen molar-refractivity contribution in [2.45, 2.75) is 20.3 Å². The maximum Gasteiger partial charge on any atom is 0.269 e. The minimum absolute atomic E-state index is 0.0452. The summed E-state index contributed by atoms with van der Waals surface area (Å²) in [6.07, 6.45) is 0.770. The predicted molar refractivity (Wildman–Crippen MR) is 111 cm³/mol. The van der Waals surface area contributed by atoms with Gasteiger partial charge in [-0.2, -0.15) is 0 Å². The standard InChI is InChI=1S/C20H26N6O3/c1-3-16-13-18(25-11-9-24(10-12-25)14-19(27)21-4-2)23-20(22-16)15-5-7-17(8-6-15)26(28)29/h5-8,13H,3-4,9-12,14H2,1-2H3,(H,21,27). The third-order valence-corrected chi connectivity index (χ3v) is 4.90. The smallest absolute Gasteiger partial charge is 0.269 e. The van der Waals surface area contributed by atoms with Crippen LogP contribution in [0.3, 0.4) is 0 Å². The zero-order valence-corrected chi connectivity index (χ0v) is 16.8. The minimum atomic E-state index is -0.418. The predicted octanol–water partition coefficient (Wildman–Crippen LogP) is 1.87. The Morgan fingerprint density at radius 1 is 1.14 bits per heavy atom. The third-order valence-electron chi connectivity index (χ3n) is 4.90. The number of nitrogens with zero attached hydrogens (tertiary/aromatic N) is 5. The molecule has 1 aromatic heterocycles. The summed E-state index contributed by atoms with van der Waals surface area (Å²) in [6.45, 7) is 8.14. The highest BCUT2D eigenvalue weighted by atomic mass is 16.6. The number of piperazine rings is 1. The van der Waals surface area contributed by atoms with Gasteiger partial charge in [0.05, 0.1) is 11.5 Å². The van der Waals surface area contributed by atoms with Crippen LogP contribution >= 0.6 is 0 Å². The average Bonchev–Trinajstić information content (AvgIpc) is 2.74. The van der Waals surface area contributed by atoms with E-state index in [0.717, 1.165) is 49.7 Å².